The van der Waals surface area contributed by atoms with E-state index >= 15 is 0 Å². The molecule has 1 aromatic carbocycles. The summed E-state index contributed by atoms with van der Waals surface area (Å²) < 4.78 is 0. The van der Waals surface area contributed by atoms with Gasteiger partial charge in [-0.1, -0.05) is 18.2 Å². The molecule has 2 N–H and O–H groups in total. The molecular weight excluding hydrogens is 302 g/mol. The Morgan fingerprint density at radius 1 is 1.12 bits per heavy atom. The van der Waals surface area contributed by atoms with E-state index in [1.165, 1.54) is 5.56 Å². The summed E-state index contributed by atoms with van der Waals surface area (Å²) in [5.41, 5.74) is 3.47. The van der Waals surface area contributed by atoms with Crippen molar-refractivity contribution in [2.45, 2.75) is 38.1 Å². The quantitative estimate of drug-likeness (QED) is 0.886. The maximum Gasteiger partial charge on any atom is 0.323 e. The second-order valence-corrected chi connectivity index (χ2v) is 6.53. The van der Waals surface area contributed by atoms with Crippen LogP contribution in [0.5, 0.6) is 5.75 Å². The van der Waals surface area contributed by atoms with Gasteiger partial charge in [-0.25, -0.2) is 9.78 Å². The first kappa shape index (κ1) is 15.0. The van der Waals surface area contributed by atoms with Crippen LogP contribution in [0.3, 0.4) is 0 Å². The Morgan fingerprint density at radius 3 is 2.79 bits per heavy atom. The van der Waals surface area contributed by atoms with Crippen molar-refractivity contribution in [3.05, 3.63) is 53.2 Å². The van der Waals surface area contributed by atoms with Crippen molar-refractivity contribution in [1.29, 1.82) is 0 Å². The Bertz CT molecular complexity index is 758. The normalized spacial score (nSPS) is 19.3. The molecule has 1 aromatic heterocycles. The number of pyridine rings is 1. The lowest BCUT2D eigenvalue weighted by atomic mass is 10.0. The van der Waals surface area contributed by atoms with E-state index in [1.807, 2.05) is 23.1 Å². The van der Waals surface area contributed by atoms with Gasteiger partial charge >= 0.3 is 6.03 Å². The number of carbonyl (C=O) groups excluding carboxylic acids is 1. The van der Waals surface area contributed by atoms with Crippen LogP contribution in [0.4, 0.5) is 10.6 Å². The Kier molecular flexibility index (Phi) is 3.84. The first-order valence-electron chi connectivity index (χ1n) is 8.56. The van der Waals surface area contributed by atoms with Crippen molar-refractivity contribution < 1.29 is 9.90 Å². The number of hydrogen-bond acceptors (Lipinski definition) is 3. The van der Waals surface area contributed by atoms with Crippen LogP contribution >= 0.6 is 0 Å². The molecule has 1 aliphatic heterocycles. The summed E-state index contributed by atoms with van der Waals surface area (Å²) in [6.45, 7) is 0.738. The zero-order valence-electron chi connectivity index (χ0n) is 13.5. The van der Waals surface area contributed by atoms with Crippen LogP contribution < -0.4 is 5.32 Å². The highest BCUT2D eigenvalue weighted by atomic mass is 16.3. The lowest BCUT2D eigenvalue weighted by Gasteiger charge is -2.25. The van der Waals surface area contributed by atoms with Crippen molar-refractivity contribution in [1.82, 2.24) is 9.88 Å². The van der Waals surface area contributed by atoms with E-state index in [9.17, 15) is 9.90 Å². The van der Waals surface area contributed by atoms with E-state index in [0.717, 1.165) is 49.9 Å². The third-order valence-corrected chi connectivity index (χ3v) is 4.95. The molecule has 1 aliphatic carbocycles. The van der Waals surface area contributed by atoms with E-state index in [2.05, 4.69) is 16.4 Å². The summed E-state index contributed by atoms with van der Waals surface area (Å²) in [7, 11) is 0. The molecule has 24 heavy (non-hydrogen) atoms. The zero-order chi connectivity index (χ0) is 16.5. The standard InChI is InChI=1S/C19H21N3O2/c23-15-9-6-14(7-10-15)17-5-2-12-22(17)19(24)21-18-11-8-13-3-1-4-16(13)20-18/h6-11,17,23H,1-5,12H2,(H,20,21,24). The minimum atomic E-state index is -0.101. The maximum atomic E-state index is 12.7. The predicted octanol–water partition coefficient (Wildman–Crippen LogP) is 3.64. The molecule has 2 heterocycles. The van der Waals surface area contributed by atoms with Gasteiger partial charge in [0.05, 0.1) is 6.04 Å². The average molecular weight is 323 g/mol. The highest BCUT2D eigenvalue weighted by Gasteiger charge is 2.30. The fraction of sp³-hybridized carbons (Fsp3) is 0.368. The molecule has 4 rings (SSSR count). The molecule has 1 unspecified atom stereocenters. The molecule has 5 nitrogen and oxygen atoms in total. The number of phenolic OH excluding ortho intramolecular Hbond substituents is 1. The fourth-order valence-corrected chi connectivity index (χ4v) is 3.72. The number of amides is 2. The molecule has 1 atom stereocenters. The van der Waals surface area contributed by atoms with Crippen molar-refractivity contribution >= 4 is 11.8 Å². The molecular formula is C19H21N3O2. The number of aromatic hydroxyl groups is 1. The van der Waals surface area contributed by atoms with Crippen LogP contribution in [0, 0.1) is 0 Å². The summed E-state index contributed by atoms with van der Waals surface area (Å²) in [4.78, 5) is 19.1. The van der Waals surface area contributed by atoms with Gasteiger partial charge in [0.2, 0.25) is 0 Å². The fourth-order valence-electron chi connectivity index (χ4n) is 3.72. The van der Waals surface area contributed by atoms with Crippen LogP contribution in [-0.2, 0) is 12.8 Å². The van der Waals surface area contributed by atoms with E-state index in [1.54, 1.807) is 12.1 Å². The first-order chi connectivity index (χ1) is 11.7. The summed E-state index contributed by atoms with van der Waals surface area (Å²) in [6.07, 6.45) is 5.16. The van der Waals surface area contributed by atoms with E-state index in [4.69, 9.17) is 0 Å². The molecule has 1 fully saturated rings. The highest BCUT2D eigenvalue weighted by Crippen LogP contribution is 2.33. The number of likely N-dealkylation sites (tertiary alicyclic amines) is 1. The smallest absolute Gasteiger partial charge is 0.323 e. The second kappa shape index (κ2) is 6.15. The van der Waals surface area contributed by atoms with Gasteiger partial charge < -0.3 is 10.0 Å². The van der Waals surface area contributed by atoms with Gasteiger partial charge in [-0.3, -0.25) is 5.32 Å². The molecule has 0 spiro atoms. The third-order valence-electron chi connectivity index (χ3n) is 4.95. The Labute approximate surface area is 141 Å². The highest BCUT2D eigenvalue weighted by molar-refractivity contribution is 5.88. The van der Waals surface area contributed by atoms with Crippen LogP contribution in [0.1, 0.15) is 42.1 Å². The van der Waals surface area contributed by atoms with E-state index in [-0.39, 0.29) is 17.8 Å². The maximum absolute atomic E-state index is 12.7. The van der Waals surface area contributed by atoms with E-state index < -0.39 is 0 Å². The Hall–Kier alpha value is -2.56. The number of carbonyl (C=O) groups is 1. The summed E-state index contributed by atoms with van der Waals surface area (Å²) in [5, 5.41) is 12.4. The molecule has 124 valence electrons. The second-order valence-electron chi connectivity index (χ2n) is 6.53. The van der Waals surface area contributed by atoms with Crippen molar-refractivity contribution in [3.63, 3.8) is 0 Å². The predicted molar refractivity (Wildman–Crippen MR) is 92.1 cm³/mol. The van der Waals surface area contributed by atoms with Gasteiger partial charge in [0, 0.05) is 12.2 Å². The molecule has 1 saturated heterocycles. The number of urea groups is 1. The Morgan fingerprint density at radius 2 is 1.96 bits per heavy atom. The third kappa shape index (κ3) is 2.82. The number of aryl methyl sites for hydroxylation is 2. The topological polar surface area (TPSA) is 65.5 Å². The van der Waals surface area contributed by atoms with Crippen LogP contribution in [0.15, 0.2) is 36.4 Å². The molecule has 2 aliphatic rings. The molecule has 5 heteroatoms. The number of phenols is 1. The molecule has 0 saturated carbocycles. The largest absolute Gasteiger partial charge is 0.508 e. The number of rotatable bonds is 2. The van der Waals surface area contributed by atoms with Gasteiger partial charge in [-0.2, -0.15) is 0 Å². The number of hydrogen-bond donors (Lipinski definition) is 2. The van der Waals surface area contributed by atoms with Crippen LogP contribution in [-0.4, -0.2) is 27.6 Å². The summed E-state index contributed by atoms with van der Waals surface area (Å²) >= 11 is 0. The number of nitrogens with one attached hydrogen (secondary N) is 1. The number of nitrogens with zero attached hydrogens (tertiary/aromatic N) is 2. The minimum Gasteiger partial charge on any atom is -0.508 e. The monoisotopic (exact) mass is 323 g/mol. The van der Waals surface area contributed by atoms with Crippen LogP contribution in [0.2, 0.25) is 0 Å². The van der Waals surface area contributed by atoms with Gasteiger partial charge in [0.25, 0.3) is 0 Å². The first-order valence-corrected chi connectivity index (χ1v) is 8.56. The number of anilines is 1. The number of fused-ring (bicyclic) bond motifs is 1. The number of aromatic nitrogens is 1. The molecule has 0 bridgehead atoms. The SMILES string of the molecule is O=C(Nc1ccc2c(n1)CCC2)N1CCCC1c1ccc(O)cc1. The molecule has 0 radical (unpaired) electrons. The van der Waals surface area contributed by atoms with Crippen molar-refractivity contribution in [3.8, 4) is 5.75 Å². The van der Waals surface area contributed by atoms with E-state index in [0.29, 0.717) is 5.82 Å². The minimum absolute atomic E-state index is 0.0556. The average Bonchev–Trinajstić information content (AvgIpc) is 3.24. The summed E-state index contributed by atoms with van der Waals surface area (Å²) in [5.74, 6) is 0.882. The zero-order valence-corrected chi connectivity index (χ0v) is 13.5. The van der Waals surface area contributed by atoms with Gasteiger partial charge in [-0.05, 0) is 61.4 Å². The van der Waals surface area contributed by atoms with Gasteiger partial charge in [-0.15, -0.1) is 0 Å². The van der Waals surface area contributed by atoms with Gasteiger partial charge in [0.15, 0.2) is 0 Å². The lowest BCUT2D eigenvalue weighted by Crippen LogP contribution is -2.34. The molecule has 2 aromatic rings. The van der Waals surface area contributed by atoms with Crippen molar-refractivity contribution in [2.24, 2.45) is 0 Å². The van der Waals surface area contributed by atoms with Crippen molar-refractivity contribution in [2.75, 3.05) is 11.9 Å². The number of benzene rings is 1. The van der Waals surface area contributed by atoms with Gasteiger partial charge in [0.1, 0.15) is 11.6 Å². The summed E-state index contributed by atoms with van der Waals surface area (Å²) in [6, 6.07) is 11.0. The lowest BCUT2D eigenvalue weighted by molar-refractivity contribution is 0.207. The Balaban J connectivity index is 1.50. The molecule has 2 amide bonds. The van der Waals surface area contributed by atoms with Crippen LogP contribution in [0.25, 0.3) is 0 Å².